The van der Waals surface area contributed by atoms with E-state index in [1.54, 1.807) is 24.1 Å². The van der Waals surface area contributed by atoms with Crippen LogP contribution < -0.4 is 10.1 Å². The summed E-state index contributed by atoms with van der Waals surface area (Å²) >= 11 is 0. The molecule has 1 aromatic carbocycles. The Morgan fingerprint density at radius 2 is 1.97 bits per heavy atom. The molecule has 0 atom stereocenters. The number of likely N-dealkylation sites (N-methyl/N-ethyl adjacent to an activating group) is 1. The second kappa shape index (κ2) is 10.6. The number of nitrogens with zero attached hydrogens (tertiary/aromatic N) is 7. The second-order valence-electron chi connectivity index (χ2n) is 8.36. The number of fused-ring (bicyclic) bond motifs is 1. The normalized spacial score (nSPS) is 11.1. The van der Waals surface area contributed by atoms with Crippen molar-refractivity contribution in [3.8, 4) is 17.4 Å². The highest BCUT2D eigenvalue weighted by Crippen LogP contribution is 2.24. The number of nitrogens with one attached hydrogen (secondary N) is 1. The first-order valence-electron chi connectivity index (χ1n) is 11.6. The number of carbonyl (C=O) groups is 1. The zero-order valence-corrected chi connectivity index (χ0v) is 20.7. The molecular weight excluding hydrogens is 444 g/mol. The number of carbonyl (C=O) groups excluding carboxylic acids is 1. The molecule has 4 aromatic rings. The van der Waals surface area contributed by atoms with E-state index in [9.17, 15) is 4.79 Å². The van der Waals surface area contributed by atoms with Crippen molar-refractivity contribution in [3.05, 3.63) is 59.0 Å². The molecule has 3 heterocycles. The number of aryl methyl sites for hydroxylation is 2. The SMILES string of the molecule is CCn1ncc(CN(C)C(=O)c2nc(-c3ccc(OCCNC)nn3)nc3ccc(C)cc23)c1C. The van der Waals surface area contributed by atoms with Crippen LogP contribution in [-0.4, -0.2) is 68.0 Å². The molecule has 0 unspecified atom stereocenters. The molecule has 0 fully saturated rings. The molecule has 0 aliphatic rings. The standard InChI is InChI=1S/C25H30N8O2/c1-6-33-17(3)18(14-27-33)15-32(5)25(34)23-19-13-16(2)7-8-20(19)28-24(29-23)21-9-10-22(31-30-21)35-12-11-26-4/h7-10,13-14,26H,6,11-12,15H2,1-5H3. The van der Waals surface area contributed by atoms with Gasteiger partial charge < -0.3 is 15.0 Å². The summed E-state index contributed by atoms with van der Waals surface area (Å²) in [6.07, 6.45) is 1.81. The number of hydrogen-bond donors (Lipinski definition) is 1. The van der Waals surface area contributed by atoms with E-state index in [1.807, 2.05) is 56.9 Å². The fourth-order valence-electron chi connectivity index (χ4n) is 3.76. The minimum Gasteiger partial charge on any atom is -0.475 e. The molecule has 1 N–H and O–H groups in total. The van der Waals surface area contributed by atoms with E-state index < -0.39 is 0 Å². The summed E-state index contributed by atoms with van der Waals surface area (Å²) in [5.41, 5.74) is 4.52. The summed E-state index contributed by atoms with van der Waals surface area (Å²) in [6, 6.07) is 9.26. The van der Waals surface area contributed by atoms with Gasteiger partial charge in [-0.15, -0.1) is 10.2 Å². The van der Waals surface area contributed by atoms with Crippen molar-refractivity contribution in [2.45, 2.75) is 33.9 Å². The quantitative estimate of drug-likeness (QED) is 0.369. The Balaban J connectivity index is 1.67. The van der Waals surface area contributed by atoms with Crippen molar-refractivity contribution >= 4 is 16.8 Å². The van der Waals surface area contributed by atoms with Crippen molar-refractivity contribution in [3.63, 3.8) is 0 Å². The molecule has 0 aliphatic carbocycles. The number of aromatic nitrogens is 6. The predicted molar refractivity (Wildman–Crippen MR) is 133 cm³/mol. The van der Waals surface area contributed by atoms with Crippen LogP contribution in [0.4, 0.5) is 0 Å². The summed E-state index contributed by atoms with van der Waals surface area (Å²) < 4.78 is 7.46. The molecule has 0 saturated carbocycles. The average Bonchev–Trinajstić information content (AvgIpc) is 3.22. The Labute approximate surface area is 204 Å². The lowest BCUT2D eigenvalue weighted by Crippen LogP contribution is -2.28. The third kappa shape index (κ3) is 5.27. The van der Waals surface area contributed by atoms with E-state index in [2.05, 4.69) is 30.6 Å². The minimum absolute atomic E-state index is 0.201. The van der Waals surface area contributed by atoms with Gasteiger partial charge in [-0.1, -0.05) is 11.6 Å². The molecular formula is C25H30N8O2. The highest BCUT2D eigenvalue weighted by Gasteiger charge is 2.21. The Morgan fingerprint density at radius 1 is 1.14 bits per heavy atom. The fraction of sp³-hybridized carbons (Fsp3) is 0.360. The third-order valence-corrected chi connectivity index (χ3v) is 5.78. The topological polar surface area (TPSA) is 111 Å². The molecule has 35 heavy (non-hydrogen) atoms. The van der Waals surface area contributed by atoms with Crippen LogP contribution in [0.15, 0.2) is 36.5 Å². The molecule has 0 saturated heterocycles. The number of ether oxygens (including phenoxy) is 1. The summed E-state index contributed by atoms with van der Waals surface area (Å²) in [5, 5.41) is 16.5. The molecule has 0 bridgehead atoms. The van der Waals surface area contributed by atoms with Crippen LogP contribution in [-0.2, 0) is 13.1 Å². The van der Waals surface area contributed by atoms with Crippen LogP contribution in [0, 0.1) is 13.8 Å². The lowest BCUT2D eigenvalue weighted by Gasteiger charge is -2.18. The van der Waals surface area contributed by atoms with E-state index in [0.29, 0.717) is 53.7 Å². The maximum absolute atomic E-state index is 13.6. The van der Waals surface area contributed by atoms with Gasteiger partial charge >= 0.3 is 0 Å². The van der Waals surface area contributed by atoms with Crippen molar-refractivity contribution in [2.24, 2.45) is 0 Å². The van der Waals surface area contributed by atoms with Gasteiger partial charge in [0, 0.05) is 49.4 Å². The van der Waals surface area contributed by atoms with Crippen LogP contribution >= 0.6 is 0 Å². The highest BCUT2D eigenvalue weighted by atomic mass is 16.5. The zero-order valence-electron chi connectivity index (χ0n) is 20.7. The van der Waals surface area contributed by atoms with E-state index in [4.69, 9.17) is 4.74 Å². The molecule has 182 valence electrons. The van der Waals surface area contributed by atoms with Crippen LogP contribution in [0.25, 0.3) is 22.4 Å². The highest BCUT2D eigenvalue weighted by molar-refractivity contribution is 6.04. The second-order valence-corrected chi connectivity index (χ2v) is 8.36. The number of benzene rings is 1. The monoisotopic (exact) mass is 474 g/mol. The Hall–Kier alpha value is -3.92. The van der Waals surface area contributed by atoms with Crippen LogP contribution in [0.5, 0.6) is 5.88 Å². The van der Waals surface area contributed by atoms with Gasteiger partial charge in [0.15, 0.2) is 5.82 Å². The number of hydrogen-bond acceptors (Lipinski definition) is 8. The summed E-state index contributed by atoms with van der Waals surface area (Å²) in [7, 11) is 3.62. The molecule has 10 heteroatoms. The maximum atomic E-state index is 13.6. The number of amides is 1. The lowest BCUT2D eigenvalue weighted by molar-refractivity contribution is 0.0781. The molecule has 3 aromatic heterocycles. The van der Waals surface area contributed by atoms with Gasteiger partial charge in [-0.2, -0.15) is 5.10 Å². The van der Waals surface area contributed by atoms with Crippen LogP contribution in [0.2, 0.25) is 0 Å². The largest absolute Gasteiger partial charge is 0.475 e. The molecule has 0 aliphatic heterocycles. The smallest absolute Gasteiger partial charge is 0.273 e. The Kier molecular flexibility index (Phi) is 7.31. The first kappa shape index (κ1) is 24.2. The van der Waals surface area contributed by atoms with Crippen molar-refractivity contribution in [1.82, 2.24) is 40.2 Å². The van der Waals surface area contributed by atoms with Gasteiger partial charge in [0.25, 0.3) is 5.91 Å². The average molecular weight is 475 g/mol. The van der Waals surface area contributed by atoms with Gasteiger partial charge in [0.2, 0.25) is 5.88 Å². The van der Waals surface area contributed by atoms with Crippen LogP contribution in [0.3, 0.4) is 0 Å². The maximum Gasteiger partial charge on any atom is 0.273 e. The lowest BCUT2D eigenvalue weighted by atomic mass is 10.1. The molecule has 4 rings (SSSR count). The van der Waals surface area contributed by atoms with Gasteiger partial charge in [-0.05, 0) is 46.0 Å². The van der Waals surface area contributed by atoms with Gasteiger partial charge in [0.1, 0.15) is 18.0 Å². The van der Waals surface area contributed by atoms with Gasteiger partial charge in [-0.25, -0.2) is 9.97 Å². The van der Waals surface area contributed by atoms with E-state index >= 15 is 0 Å². The van der Waals surface area contributed by atoms with E-state index in [1.165, 1.54) is 0 Å². The van der Waals surface area contributed by atoms with E-state index in [0.717, 1.165) is 23.4 Å². The summed E-state index contributed by atoms with van der Waals surface area (Å²) in [6.45, 7) is 8.42. The number of rotatable bonds is 9. The minimum atomic E-state index is -0.201. The Morgan fingerprint density at radius 3 is 2.66 bits per heavy atom. The first-order chi connectivity index (χ1) is 16.9. The fourth-order valence-corrected chi connectivity index (χ4v) is 3.76. The molecule has 1 amide bonds. The summed E-state index contributed by atoms with van der Waals surface area (Å²) in [4.78, 5) is 24.6. The molecule has 0 spiro atoms. The van der Waals surface area contributed by atoms with E-state index in [-0.39, 0.29) is 5.91 Å². The zero-order chi connectivity index (χ0) is 24.9. The van der Waals surface area contributed by atoms with Gasteiger partial charge in [0.05, 0.1) is 11.7 Å². The summed E-state index contributed by atoms with van der Waals surface area (Å²) in [5.74, 6) is 0.551. The van der Waals surface area contributed by atoms with Gasteiger partial charge in [-0.3, -0.25) is 9.48 Å². The van der Waals surface area contributed by atoms with Crippen molar-refractivity contribution < 1.29 is 9.53 Å². The molecule has 0 radical (unpaired) electrons. The molecule has 10 nitrogen and oxygen atoms in total. The third-order valence-electron chi connectivity index (χ3n) is 5.78. The first-order valence-corrected chi connectivity index (χ1v) is 11.6. The van der Waals surface area contributed by atoms with Crippen molar-refractivity contribution in [1.29, 1.82) is 0 Å². The predicted octanol–water partition coefficient (Wildman–Crippen LogP) is 2.79. The van der Waals surface area contributed by atoms with Crippen molar-refractivity contribution in [2.75, 3.05) is 27.2 Å². The van der Waals surface area contributed by atoms with Crippen LogP contribution in [0.1, 0.15) is 34.2 Å². The Bertz CT molecular complexity index is 1330.